The highest BCUT2D eigenvalue weighted by atomic mass is 19.1. The molecule has 0 aliphatic heterocycles. The Morgan fingerprint density at radius 3 is 2.26 bits per heavy atom. The normalized spacial score (nSPS) is 12.4. The molecule has 2 aromatic rings. The molecule has 0 spiro atoms. The molecule has 0 heterocycles. The lowest BCUT2D eigenvalue weighted by atomic mass is 9.97. The largest absolute Gasteiger partial charge is 0.324 e. The molecule has 1 atom stereocenters. The van der Waals surface area contributed by atoms with Gasteiger partial charge in [-0.05, 0) is 54.2 Å². The molecule has 0 saturated heterocycles. The molecule has 0 amide bonds. The van der Waals surface area contributed by atoms with Crippen molar-refractivity contribution in [2.24, 2.45) is 5.73 Å². The molecule has 2 rings (SSSR count). The predicted octanol–water partition coefficient (Wildman–Crippen LogP) is 3.94. The molecule has 1 nitrogen and oxygen atoms in total. The summed E-state index contributed by atoms with van der Waals surface area (Å²) in [5.41, 5.74) is 10.4. The van der Waals surface area contributed by atoms with Crippen molar-refractivity contribution >= 4 is 0 Å². The average molecular weight is 257 g/mol. The maximum absolute atomic E-state index is 13.4. The van der Waals surface area contributed by atoms with Crippen LogP contribution < -0.4 is 5.73 Å². The Morgan fingerprint density at radius 2 is 1.68 bits per heavy atom. The number of nitrogens with two attached hydrogens (primary N) is 1. The van der Waals surface area contributed by atoms with E-state index in [2.05, 4.69) is 31.2 Å². The van der Waals surface area contributed by atoms with Crippen molar-refractivity contribution in [2.45, 2.75) is 32.7 Å². The lowest BCUT2D eigenvalue weighted by Crippen LogP contribution is -2.13. The van der Waals surface area contributed by atoms with Crippen LogP contribution in [0.3, 0.4) is 0 Å². The first kappa shape index (κ1) is 13.8. The number of hydrogen-bond donors (Lipinski definition) is 1. The smallest absolute Gasteiger partial charge is 0.123 e. The summed E-state index contributed by atoms with van der Waals surface area (Å²) in [5.74, 6) is -0.216. The fraction of sp³-hybridized carbons (Fsp3) is 0.294. The van der Waals surface area contributed by atoms with E-state index >= 15 is 0 Å². The van der Waals surface area contributed by atoms with Gasteiger partial charge in [0.15, 0.2) is 0 Å². The van der Waals surface area contributed by atoms with Crippen LogP contribution in [0.1, 0.15) is 35.2 Å². The van der Waals surface area contributed by atoms with Gasteiger partial charge in [0.2, 0.25) is 0 Å². The Bertz CT molecular complexity index is 525. The Labute approximate surface area is 114 Å². The van der Waals surface area contributed by atoms with E-state index in [9.17, 15) is 4.39 Å². The van der Waals surface area contributed by atoms with Gasteiger partial charge in [-0.1, -0.05) is 37.3 Å². The van der Waals surface area contributed by atoms with Crippen LogP contribution in [0.4, 0.5) is 4.39 Å². The van der Waals surface area contributed by atoms with Gasteiger partial charge in [-0.2, -0.15) is 0 Å². The number of halogens is 1. The van der Waals surface area contributed by atoms with Gasteiger partial charge in [-0.15, -0.1) is 0 Å². The maximum atomic E-state index is 13.4. The van der Waals surface area contributed by atoms with Crippen LogP contribution in [-0.2, 0) is 12.8 Å². The fourth-order valence-corrected chi connectivity index (χ4v) is 2.26. The number of aryl methyl sites for hydroxylation is 2. The molecule has 0 aliphatic carbocycles. The van der Waals surface area contributed by atoms with Crippen LogP contribution in [0.5, 0.6) is 0 Å². The topological polar surface area (TPSA) is 26.0 Å². The van der Waals surface area contributed by atoms with Gasteiger partial charge < -0.3 is 5.73 Å². The first-order valence-electron chi connectivity index (χ1n) is 6.69. The van der Waals surface area contributed by atoms with Gasteiger partial charge in [0.25, 0.3) is 0 Å². The van der Waals surface area contributed by atoms with Crippen molar-refractivity contribution in [3.05, 3.63) is 70.5 Å². The minimum Gasteiger partial charge on any atom is -0.324 e. The first-order chi connectivity index (χ1) is 9.08. The van der Waals surface area contributed by atoms with Gasteiger partial charge in [0.05, 0.1) is 0 Å². The van der Waals surface area contributed by atoms with Crippen LogP contribution in [0.25, 0.3) is 0 Å². The third-order valence-corrected chi connectivity index (χ3v) is 3.38. The molecule has 2 heteroatoms. The van der Waals surface area contributed by atoms with E-state index in [1.54, 1.807) is 0 Å². The molecule has 2 aromatic carbocycles. The average Bonchev–Trinajstić information content (AvgIpc) is 2.38. The summed E-state index contributed by atoms with van der Waals surface area (Å²) in [4.78, 5) is 0. The second-order valence-electron chi connectivity index (χ2n) is 5.04. The van der Waals surface area contributed by atoms with Crippen LogP contribution in [0, 0.1) is 12.7 Å². The summed E-state index contributed by atoms with van der Waals surface area (Å²) in [6, 6.07) is 13.3. The lowest BCUT2D eigenvalue weighted by Gasteiger charge is -2.13. The molecule has 19 heavy (non-hydrogen) atoms. The van der Waals surface area contributed by atoms with E-state index in [-0.39, 0.29) is 11.9 Å². The fourth-order valence-electron chi connectivity index (χ4n) is 2.26. The maximum Gasteiger partial charge on any atom is 0.123 e. The molecule has 0 radical (unpaired) electrons. The van der Waals surface area contributed by atoms with E-state index in [1.165, 1.54) is 23.3 Å². The monoisotopic (exact) mass is 257 g/mol. The molecule has 100 valence electrons. The zero-order chi connectivity index (χ0) is 13.8. The van der Waals surface area contributed by atoms with Crippen molar-refractivity contribution in [3.63, 3.8) is 0 Å². The van der Waals surface area contributed by atoms with Gasteiger partial charge in [0.1, 0.15) is 5.82 Å². The Balaban J connectivity index is 2.13. The molecule has 0 aliphatic rings. The lowest BCUT2D eigenvalue weighted by molar-refractivity contribution is 0.617. The van der Waals surface area contributed by atoms with Crippen molar-refractivity contribution in [3.8, 4) is 0 Å². The van der Waals surface area contributed by atoms with E-state index in [1.807, 2.05) is 13.0 Å². The number of rotatable bonds is 4. The van der Waals surface area contributed by atoms with Crippen molar-refractivity contribution < 1.29 is 4.39 Å². The summed E-state index contributed by atoms with van der Waals surface area (Å²) < 4.78 is 13.4. The summed E-state index contributed by atoms with van der Waals surface area (Å²) in [5, 5.41) is 0. The summed E-state index contributed by atoms with van der Waals surface area (Å²) in [6.07, 6.45) is 1.77. The highest BCUT2D eigenvalue weighted by molar-refractivity contribution is 5.29. The van der Waals surface area contributed by atoms with Crippen LogP contribution in [0.15, 0.2) is 42.5 Å². The van der Waals surface area contributed by atoms with E-state index < -0.39 is 0 Å². The van der Waals surface area contributed by atoms with Crippen molar-refractivity contribution in [2.75, 3.05) is 0 Å². The zero-order valence-electron chi connectivity index (χ0n) is 11.5. The summed E-state index contributed by atoms with van der Waals surface area (Å²) in [7, 11) is 0. The summed E-state index contributed by atoms with van der Waals surface area (Å²) >= 11 is 0. The van der Waals surface area contributed by atoms with E-state index in [0.717, 1.165) is 24.0 Å². The van der Waals surface area contributed by atoms with Crippen LogP contribution in [0.2, 0.25) is 0 Å². The van der Waals surface area contributed by atoms with Crippen LogP contribution >= 0.6 is 0 Å². The van der Waals surface area contributed by atoms with Gasteiger partial charge in [-0.3, -0.25) is 0 Å². The van der Waals surface area contributed by atoms with Crippen molar-refractivity contribution in [1.29, 1.82) is 0 Å². The third-order valence-electron chi connectivity index (χ3n) is 3.38. The SMILES string of the molecule is CCc1ccc(CC(N)c2cc(C)cc(F)c2)cc1. The Morgan fingerprint density at radius 1 is 1.05 bits per heavy atom. The highest BCUT2D eigenvalue weighted by Crippen LogP contribution is 2.19. The van der Waals surface area contributed by atoms with E-state index in [0.29, 0.717) is 0 Å². The number of hydrogen-bond acceptors (Lipinski definition) is 1. The second kappa shape index (κ2) is 5.98. The Kier molecular flexibility index (Phi) is 4.33. The molecular formula is C17H20FN. The molecule has 1 unspecified atom stereocenters. The second-order valence-corrected chi connectivity index (χ2v) is 5.04. The van der Waals surface area contributed by atoms with Crippen LogP contribution in [-0.4, -0.2) is 0 Å². The van der Waals surface area contributed by atoms with Gasteiger partial charge in [0, 0.05) is 6.04 Å². The third kappa shape index (κ3) is 3.65. The first-order valence-corrected chi connectivity index (χ1v) is 6.69. The highest BCUT2D eigenvalue weighted by Gasteiger charge is 2.09. The summed E-state index contributed by atoms with van der Waals surface area (Å²) in [6.45, 7) is 4.02. The Hall–Kier alpha value is -1.67. The number of benzene rings is 2. The molecule has 0 aromatic heterocycles. The quantitative estimate of drug-likeness (QED) is 0.882. The van der Waals surface area contributed by atoms with Gasteiger partial charge >= 0.3 is 0 Å². The molecule has 0 fully saturated rings. The minimum atomic E-state index is -0.216. The minimum absolute atomic E-state index is 0.165. The predicted molar refractivity (Wildman–Crippen MR) is 77.6 cm³/mol. The van der Waals surface area contributed by atoms with Crippen molar-refractivity contribution in [1.82, 2.24) is 0 Å². The molecular weight excluding hydrogens is 237 g/mol. The van der Waals surface area contributed by atoms with E-state index in [4.69, 9.17) is 5.73 Å². The zero-order valence-corrected chi connectivity index (χ0v) is 11.5. The molecule has 0 saturated carbocycles. The van der Waals surface area contributed by atoms with Gasteiger partial charge in [-0.25, -0.2) is 4.39 Å². The standard InChI is InChI=1S/C17H20FN/c1-3-13-4-6-14(7-5-13)10-17(19)15-8-12(2)9-16(18)11-15/h4-9,11,17H,3,10,19H2,1-2H3. The molecule has 2 N–H and O–H groups in total. The molecule has 0 bridgehead atoms.